The van der Waals surface area contributed by atoms with Crippen LogP contribution in [0.5, 0.6) is 11.5 Å². The van der Waals surface area contributed by atoms with E-state index in [1.807, 2.05) is 54.6 Å². The number of methoxy groups -OCH3 is 1. The second kappa shape index (κ2) is 6.35. The van der Waals surface area contributed by atoms with Crippen LogP contribution in [0.2, 0.25) is 0 Å². The number of hydrogen-bond donors (Lipinski definition) is 1. The molecular formula is C20H17O2. The Labute approximate surface area is 130 Å². The molecule has 3 aromatic carbocycles. The van der Waals surface area contributed by atoms with Crippen LogP contribution in [0.3, 0.4) is 0 Å². The molecule has 2 heteroatoms. The van der Waals surface area contributed by atoms with Crippen molar-refractivity contribution in [1.82, 2.24) is 0 Å². The molecule has 0 unspecified atom stereocenters. The Morgan fingerprint density at radius 2 is 1.18 bits per heavy atom. The molecule has 0 aliphatic rings. The SMILES string of the molecule is COc1ccc([C](c2ccccc2)c2ccc(O)cc2)cc1. The van der Waals surface area contributed by atoms with Gasteiger partial charge in [0.2, 0.25) is 0 Å². The number of aromatic hydroxyl groups is 1. The molecule has 3 rings (SSSR count). The van der Waals surface area contributed by atoms with E-state index in [1.165, 1.54) is 0 Å². The predicted octanol–water partition coefficient (Wildman–Crippen LogP) is 4.42. The first-order chi connectivity index (χ1) is 10.8. The summed E-state index contributed by atoms with van der Waals surface area (Å²) in [7, 11) is 1.66. The summed E-state index contributed by atoms with van der Waals surface area (Å²) in [6, 6.07) is 25.5. The fourth-order valence-corrected chi connectivity index (χ4v) is 2.49. The van der Waals surface area contributed by atoms with Gasteiger partial charge < -0.3 is 9.84 Å². The minimum atomic E-state index is 0.269. The average Bonchev–Trinajstić information content (AvgIpc) is 2.58. The third-order valence-electron chi connectivity index (χ3n) is 3.60. The van der Waals surface area contributed by atoms with E-state index >= 15 is 0 Å². The lowest BCUT2D eigenvalue weighted by Gasteiger charge is -2.18. The van der Waals surface area contributed by atoms with Crippen LogP contribution < -0.4 is 4.74 Å². The lowest BCUT2D eigenvalue weighted by atomic mass is 9.85. The summed E-state index contributed by atoms with van der Waals surface area (Å²) in [6.45, 7) is 0. The molecule has 0 saturated heterocycles. The van der Waals surface area contributed by atoms with E-state index in [-0.39, 0.29) is 5.75 Å². The number of benzene rings is 3. The van der Waals surface area contributed by atoms with Gasteiger partial charge in [0.1, 0.15) is 11.5 Å². The minimum absolute atomic E-state index is 0.269. The van der Waals surface area contributed by atoms with Gasteiger partial charge in [-0.15, -0.1) is 0 Å². The molecule has 0 aliphatic heterocycles. The maximum absolute atomic E-state index is 9.52. The molecule has 109 valence electrons. The molecule has 22 heavy (non-hydrogen) atoms. The monoisotopic (exact) mass is 289 g/mol. The van der Waals surface area contributed by atoms with Gasteiger partial charge in [0.25, 0.3) is 0 Å². The quantitative estimate of drug-likeness (QED) is 0.720. The van der Waals surface area contributed by atoms with Crippen molar-refractivity contribution >= 4 is 0 Å². The molecule has 0 amide bonds. The highest BCUT2D eigenvalue weighted by molar-refractivity contribution is 5.58. The van der Waals surface area contributed by atoms with E-state index in [4.69, 9.17) is 4.74 Å². The number of phenols is 1. The molecule has 0 saturated carbocycles. The van der Waals surface area contributed by atoms with E-state index in [0.29, 0.717) is 0 Å². The molecule has 0 spiro atoms. The number of phenolic OH excluding ortho intramolecular Hbond substituents is 1. The Bertz CT molecular complexity index is 716. The smallest absolute Gasteiger partial charge is 0.118 e. The van der Waals surface area contributed by atoms with E-state index in [1.54, 1.807) is 19.2 Å². The fraction of sp³-hybridized carbons (Fsp3) is 0.0500. The van der Waals surface area contributed by atoms with Crippen LogP contribution in [0.1, 0.15) is 16.7 Å². The molecule has 0 aliphatic carbocycles. The van der Waals surface area contributed by atoms with Crippen molar-refractivity contribution in [3.05, 3.63) is 101 Å². The second-order valence-electron chi connectivity index (χ2n) is 5.02. The van der Waals surface area contributed by atoms with Crippen molar-refractivity contribution in [2.75, 3.05) is 7.11 Å². The van der Waals surface area contributed by atoms with Crippen molar-refractivity contribution in [2.45, 2.75) is 0 Å². The first kappa shape index (κ1) is 14.2. The highest BCUT2D eigenvalue weighted by Gasteiger charge is 2.17. The zero-order valence-corrected chi connectivity index (χ0v) is 12.4. The van der Waals surface area contributed by atoms with Crippen molar-refractivity contribution in [3.63, 3.8) is 0 Å². The molecule has 1 N–H and O–H groups in total. The standard InChI is InChI=1S/C20H17O2/c1-22-19-13-9-17(10-14-19)20(15-5-3-2-4-6-15)16-7-11-18(21)12-8-16/h2-14,21H,1H3. The van der Waals surface area contributed by atoms with Crippen LogP contribution >= 0.6 is 0 Å². The van der Waals surface area contributed by atoms with Crippen molar-refractivity contribution < 1.29 is 9.84 Å². The summed E-state index contributed by atoms with van der Waals surface area (Å²) in [5.74, 6) is 2.23. The summed E-state index contributed by atoms with van der Waals surface area (Å²) in [6.07, 6.45) is 0. The third kappa shape index (κ3) is 2.96. The Hall–Kier alpha value is -2.74. The maximum Gasteiger partial charge on any atom is 0.118 e. The number of ether oxygens (including phenoxy) is 1. The Morgan fingerprint density at radius 3 is 1.73 bits per heavy atom. The van der Waals surface area contributed by atoms with E-state index in [2.05, 4.69) is 12.1 Å². The molecule has 3 aromatic rings. The lowest BCUT2D eigenvalue weighted by Crippen LogP contribution is -2.04. The van der Waals surface area contributed by atoms with Crippen LogP contribution in [0.4, 0.5) is 0 Å². The molecular weight excluding hydrogens is 272 g/mol. The Kier molecular flexibility index (Phi) is 4.10. The molecule has 0 atom stereocenters. The molecule has 0 bridgehead atoms. The zero-order valence-electron chi connectivity index (χ0n) is 12.4. The van der Waals surface area contributed by atoms with Crippen LogP contribution in [0, 0.1) is 5.92 Å². The summed E-state index contributed by atoms with van der Waals surface area (Å²) in [5, 5.41) is 9.52. The van der Waals surface area contributed by atoms with Gasteiger partial charge >= 0.3 is 0 Å². The normalized spacial score (nSPS) is 10.6. The molecule has 0 aromatic heterocycles. The maximum atomic E-state index is 9.52. The number of rotatable bonds is 4. The van der Waals surface area contributed by atoms with Crippen LogP contribution in [0.25, 0.3) is 0 Å². The minimum Gasteiger partial charge on any atom is -0.508 e. The Balaban J connectivity index is 2.07. The van der Waals surface area contributed by atoms with Gasteiger partial charge in [0.05, 0.1) is 13.0 Å². The highest BCUT2D eigenvalue weighted by atomic mass is 16.5. The van der Waals surface area contributed by atoms with Gasteiger partial charge in [0.15, 0.2) is 0 Å². The van der Waals surface area contributed by atoms with E-state index in [0.717, 1.165) is 28.4 Å². The van der Waals surface area contributed by atoms with Gasteiger partial charge in [-0.25, -0.2) is 0 Å². The summed E-state index contributed by atoms with van der Waals surface area (Å²) >= 11 is 0. The fourth-order valence-electron chi connectivity index (χ4n) is 2.49. The molecule has 2 nitrogen and oxygen atoms in total. The van der Waals surface area contributed by atoms with Gasteiger partial charge in [-0.1, -0.05) is 54.6 Å². The third-order valence-corrected chi connectivity index (χ3v) is 3.60. The van der Waals surface area contributed by atoms with Gasteiger partial charge in [0, 0.05) is 0 Å². The van der Waals surface area contributed by atoms with E-state index < -0.39 is 0 Å². The van der Waals surface area contributed by atoms with Crippen LogP contribution in [-0.2, 0) is 0 Å². The second-order valence-corrected chi connectivity index (χ2v) is 5.02. The van der Waals surface area contributed by atoms with Crippen molar-refractivity contribution in [1.29, 1.82) is 0 Å². The number of hydrogen-bond acceptors (Lipinski definition) is 2. The summed E-state index contributed by atoms with van der Waals surface area (Å²) in [5.41, 5.74) is 3.31. The molecule has 0 heterocycles. The molecule has 0 fully saturated rings. The summed E-state index contributed by atoms with van der Waals surface area (Å²) in [4.78, 5) is 0. The first-order valence-corrected chi connectivity index (χ1v) is 7.14. The first-order valence-electron chi connectivity index (χ1n) is 7.14. The zero-order chi connectivity index (χ0) is 15.4. The van der Waals surface area contributed by atoms with Crippen molar-refractivity contribution in [3.8, 4) is 11.5 Å². The van der Waals surface area contributed by atoms with E-state index in [9.17, 15) is 5.11 Å². The summed E-state index contributed by atoms with van der Waals surface area (Å²) < 4.78 is 5.23. The largest absolute Gasteiger partial charge is 0.508 e. The highest BCUT2D eigenvalue weighted by Crippen LogP contribution is 2.32. The Morgan fingerprint density at radius 1 is 0.682 bits per heavy atom. The lowest BCUT2D eigenvalue weighted by molar-refractivity contribution is 0.414. The van der Waals surface area contributed by atoms with Gasteiger partial charge in [-0.05, 0) is 41.0 Å². The predicted molar refractivity (Wildman–Crippen MR) is 88.1 cm³/mol. The van der Waals surface area contributed by atoms with Crippen molar-refractivity contribution in [2.24, 2.45) is 0 Å². The van der Waals surface area contributed by atoms with Crippen LogP contribution in [0.15, 0.2) is 78.9 Å². The van der Waals surface area contributed by atoms with Crippen LogP contribution in [-0.4, -0.2) is 12.2 Å². The topological polar surface area (TPSA) is 29.5 Å². The van der Waals surface area contributed by atoms with Gasteiger partial charge in [-0.2, -0.15) is 0 Å². The molecule has 1 radical (unpaired) electrons. The van der Waals surface area contributed by atoms with Gasteiger partial charge in [-0.3, -0.25) is 0 Å². The average molecular weight is 289 g/mol.